The SMILES string of the molecule is CCOC(=O)C[C@@H]1[C@H]2CN(C(=O)OCc3ccccc3)C[C@@H]12. The topological polar surface area (TPSA) is 55.8 Å². The van der Waals surface area contributed by atoms with E-state index in [1.807, 2.05) is 37.3 Å². The summed E-state index contributed by atoms with van der Waals surface area (Å²) in [6.07, 6.45) is 0.224. The zero-order chi connectivity index (χ0) is 15.5. The average molecular weight is 303 g/mol. The van der Waals surface area contributed by atoms with Crippen LogP contribution in [0.3, 0.4) is 0 Å². The van der Waals surface area contributed by atoms with Crippen molar-refractivity contribution in [2.45, 2.75) is 20.0 Å². The Morgan fingerprint density at radius 1 is 1.14 bits per heavy atom. The van der Waals surface area contributed by atoms with Gasteiger partial charge < -0.3 is 14.4 Å². The van der Waals surface area contributed by atoms with E-state index >= 15 is 0 Å². The van der Waals surface area contributed by atoms with Gasteiger partial charge in [0.15, 0.2) is 0 Å². The molecule has 5 nitrogen and oxygen atoms in total. The molecular formula is C17H21NO4. The first kappa shape index (κ1) is 14.9. The normalized spacial score (nSPS) is 25.5. The number of benzene rings is 1. The third-order valence-electron chi connectivity index (χ3n) is 4.54. The molecule has 0 unspecified atom stereocenters. The van der Waals surface area contributed by atoms with Crippen molar-refractivity contribution in [1.82, 2.24) is 4.90 Å². The highest BCUT2D eigenvalue weighted by Gasteiger charge is 2.57. The van der Waals surface area contributed by atoms with Crippen molar-refractivity contribution in [2.24, 2.45) is 17.8 Å². The molecule has 3 rings (SSSR count). The summed E-state index contributed by atoms with van der Waals surface area (Å²) in [5.74, 6) is 1.14. The van der Waals surface area contributed by atoms with Crippen molar-refractivity contribution in [3.63, 3.8) is 0 Å². The number of carbonyl (C=O) groups is 2. The molecule has 1 amide bonds. The van der Waals surface area contributed by atoms with Gasteiger partial charge in [-0.15, -0.1) is 0 Å². The zero-order valence-corrected chi connectivity index (χ0v) is 12.7. The molecule has 1 aliphatic carbocycles. The number of hydrogen-bond acceptors (Lipinski definition) is 4. The number of ether oxygens (including phenoxy) is 2. The molecule has 0 radical (unpaired) electrons. The highest BCUT2D eigenvalue weighted by atomic mass is 16.6. The summed E-state index contributed by atoms with van der Waals surface area (Å²) in [6.45, 7) is 3.94. The molecule has 2 aliphatic rings. The smallest absolute Gasteiger partial charge is 0.410 e. The van der Waals surface area contributed by atoms with Gasteiger partial charge in [-0.25, -0.2) is 4.79 Å². The lowest BCUT2D eigenvalue weighted by Gasteiger charge is -2.19. The fourth-order valence-electron chi connectivity index (χ4n) is 3.32. The highest BCUT2D eigenvalue weighted by Crippen LogP contribution is 2.53. The van der Waals surface area contributed by atoms with Crippen molar-refractivity contribution in [3.05, 3.63) is 35.9 Å². The number of carbonyl (C=O) groups excluding carboxylic acids is 2. The molecule has 1 aliphatic heterocycles. The van der Waals surface area contributed by atoms with E-state index in [4.69, 9.17) is 9.47 Å². The first-order chi connectivity index (χ1) is 10.7. The van der Waals surface area contributed by atoms with Crippen LogP contribution in [0.2, 0.25) is 0 Å². The average Bonchev–Trinajstić information content (AvgIpc) is 2.97. The Balaban J connectivity index is 1.40. The molecule has 5 heteroatoms. The number of likely N-dealkylation sites (tertiary alicyclic amines) is 1. The minimum Gasteiger partial charge on any atom is -0.466 e. The Labute approximate surface area is 130 Å². The van der Waals surface area contributed by atoms with Crippen LogP contribution in [0.15, 0.2) is 30.3 Å². The van der Waals surface area contributed by atoms with Crippen LogP contribution >= 0.6 is 0 Å². The quantitative estimate of drug-likeness (QED) is 0.784. The monoisotopic (exact) mass is 303 g/mol. The second-order valence-corrected chi connectivity index (χ2v) is 5.95. The lowest BCUT2D eigenvalue weighted by atomic mass is 10.2. The second kappa shape index (κ2) is 6.38. The number of rotatable bonds is 5. The minimum absolute atomic E-state index is 0.125. The van der Waals surface area contributed by atoms with Crippen LogP contribution in [0.25, 0.3) is 0 Å². The van der Waals surface area contributed by atoms with Gasteiger partial charge in [0.05, 0.1) is 6.61 Å². The van der Waals surface area contributed by atoms with Crippen molar-refractivity contribution in [2.75, 3.05) is 19.7 Å². The van der Waals surface area contributed by atoms with Crippen LogP contribution in [0, 0.1) is 17.8 Å². The number of nitrogens with zero attached hydrogens (tertiary/aromatic N) is 1. The maximum atomic E-state index is 12.0. The van der Waals surface area contributed by atoms with Gasteiger partial charge in [0.25, 0.3) is 0 Å². The number of hydrogen-bond donors (Lipinski definition) is 0. The molecule has 2 fully saturated rings. The number of piperidine rings is 1. The van der Waals surface area contributed by atoms with Crippen LogP contribution in [-0.2, 0) is 20.9 Å². The third-order valence-corrected chi connectivity index (χ3v) is 4.54. The predicted octanol–water partition coefficient (Wildman–Crippen LogP) is 2.45. The fourth-order valence-corrected chi connectivity index (χ4v) is 3.32. The maximum Gasteiger partial charge on any atom is 0.410 e. The zero-order valence-electron chi connectivity index (χ0n) is 12.7. The molecule has 118 valence electrons. The van der Waals surface area contributed by atoms with E-state index in [0.29, 0.717) is 50.5 Å². The lowest BCUT2D eigenvalue weighted by molar-refractivity contribution is -0.143. The van der Waals surface area contributed by atoms with Crippen LogP contribution in [0.5, 0.6) is 0 Å². The van der Waals surface area contributed by atoms with E-state index in [9.17, 15) is 9.59 Å². The van der Waals surface area contributed by atoms with Crippen molar-refractivity contribution < 1.29 is 19.1 Å². The van der Waals surface area contributed by atoms with Crippen molar-refractivity contribution in [3.8, 4) is 0 Å². The molecule has 1 saturated carbocycles. The lowest BCUT2D eigenvalue weighted by Crippen LogP contribution is -2.32. The molecule has 1 saturated heterocycles. The summed E-state index contributed by atoms with van der Waals surface area (Å²) >= 11 is 0. The number of fused-ring (bicyclic) bond motifs is 1. The Morgan fingerprint density at radius 2 is 1.82 bits per heavy atom. The summed E-state index contributed by atoms with van der Waals surface area (Å²) < 4.78 is 10.3. The van der Waals surface area contributed by atoms with Crippen LogP contribution in [-0.4, -0.2) is 36.7 Å². The molecule has 3 atom stereocenters. The first-order valence-corrected chi connectivity index (χ1v) is 7.80. The van der Waals surface area contributed by atoms with Crippen LogP contribution in [0.1, 0.15) is 18.9 Å². The minimum atomic E-state index is -0.258. The first-order valence-electron chi connectivity index (χ1n) is 7.80. The Kier molecular flexibility index (Phi) is 4.32. The molecule has 0 N–H and O–H groups in total. The fraction of sp³-hybridized carbons (Fsp3) is 0.529. The van der Waals surface area contributed by atoms with Gasteiger partial charge in [0.1, 0.15) is 6.61 Å². The second-order valence-electron chi connectivity index (χ2n) is 5.95. The molecule has 0 bridgehead atoms. The summed E-state index contributed by atoms with van der Waals surface area (Å²) in [6, 6.07) is 9.65. The van der Waals surface area contributed by atoms with Gasteiger partial charge in [0.2, 0.25) is 0 Å². The largest absolute Gasteiger partial charge is 0.466 e. The molecule has 22 heavy (non-hydrogen) atoms. The molecule has 0 spiro atoms. The Bertz CT molecular complexity index is 533. The van der Waals surface area contributed by atoms with E-state index in [1.165, 1.54) is 0 Å². The van der Waals surface area contributed by atoms with Crippen molar-refractivity contribution >= 4 is 12.1 Å². The molecule has 1 heterocycles. The Morgan fingerprint density at radius 3 is 2.45 bits per heavy atom. The van der Waals surface area contributed by atoms with E-state index < -0.39 is 0 Å². The van der Waals surface area contributed by atoms with Crippen LogP contribution in [0.4, 0.5) is 4.79 Å². The number of esters is 1. The van der Waals surface area contributed by atoms with E-state index in [0.717, 1.165) is 5.56 Å². The maximum absolute atomic E-state index is 12.0. The van der Waals surface area contributed by atoms with E-state index in [-0.39, 0.29) is 12.1 Å². The highest BCUT2D eigenvalue weighted by molar-refractivity contribution is 5.71. The summed E-state index contributed by atoms with van der Waals surface area (Å²) in [4.78, 5) is 25.3. The summed E-state index contributed by atoms with van der Waals surface area (Å²) in [5, 5.41) is 0. The number of amides is 1. The Hall–Kier alpha value is -2.04. The molecule has 1 aromatic rings. The van der Waals surface area contributed by atoms with Gasteiger partial charge in [-0.1, -0.05) is 30.3 Å². The van der Waals surface area contributed by atoms with Gasteiger partial charge >= 0.3 is 12.1 Å². The standard InChI is InChI=1S/C17H21NO4/c1-2-21-16(19)8-13-14-9-18(10-15(13)14)17(20)22-11-12-6-4-3-5-7-12/h3-7,13-15H,2,8-11H2,1H3/t13-,14-,15+. The van der Waals surface area contributed by atoms with Gasteiger partial charge in [-0.3, -0.25) is 4.79 Å². The van der Waals surface area contributed by atoms with Gasteiger partial charge in [0, 0.05) is 19.5 Å². The van der Waals surface area contributed by atoms with Gasteiger partial charge in [-0.2, -0.15) is 0 Å². The van der Waals surface area contributed by atoms with E-state index in [1.54, 1.807) is 4.90 Å². The third kappa shape index (κ3) is 3.24. The van der Waals surface area contributed by atoms with Gasteiger partial charge in [-0.05, 0) is 30.2 Å². The molecule has 1 aromatic carbocycles. The summed E-state index contributed by atoms with van der Waals surface area (Å²) in [7, 11) is 0. The predicted molar refractivity (Wildman–Crippen MR) is 79.9 cm³/mol. The van der Waals surface area contributed by atoms with Crippen LogP contribution < -0.4 is 0 Å². The van der Waals surface area contributed by atoms with E-state index in [2.05, 4.69) is 0 Å². The summed E-state index contributed by atoms with van der Waals surface area (Å²) in [5.41, 5.74) is 0.986. The molecular weight excluding hydrogens is 282 g/mol. The molecule has 0 aromatic heterocycles. The van der Waals surface area contributed by atoms with Crippen molar-refractivity contribution in [1.29, 1.82) is 0 Å².